The summed E-state index contributed by atoms with van der Waals surface area (Å²) in [7, 11) is 1.70. The van der Waals surface area contributed by atoms with Crippen LogP contribution in [0, 0.1) is 0 Å². The molecule has 0 saturated carbocycles. The van der Waals surface area contributed by atoms with Gasteiger partial charge in [-0.25, -0.2) is 19.7 Å². The number of rotatable bonds is 3. The van der Waals surface area contributed by atoms with Crippen molar-refractivity contribution in [2.24, 2.45) is 0 Å². The average Bonchev–Trinajstić information content (AvgIpc) is 3.17. The van der Waals surface area contributed by atoms with Crippen molar-refractivity contribution < 1.29 is 27.8 Å². The quantitative estimate of drug-likeness (QED) is 0.607. The van der Waals surface area contributed by atoms with Crippen LogP contribution in [-0.2, 0) is 11.2 Å². The molecule has 0 radical (unpaired) electrons. The third-order valence-electron chi connectivity index (χ3n) is 4.44. The van der Waals surface area contributed by atoms with E-state index in [1.54, 1.807) is 19.8 Å². The normalized spacial score (nSPS) is 15.8. The molecular formula is C18H18F3N5O3. The molecule has 1 aromatic carbocycles. The fourth-order valence-corrected chi connectivity index (χ4v) is 3.11. The minimum Gasteiger partial charge on any atom is -0.497 e. The second-order valence-corrected chi connectivity index (χ2v) is 6.28. The third kappa shape index (κ3) is 4.73. The number of anilines is 1. The van der Waals surface area contributed by atoms with E-state index in [4.69, 9.17) is 14.6 Å². The molecule has 11 heteroatoms. The van der Waals surface area contributed by atoms with Gasteiger partial charge in [-0.15, -0.1) is 0 Å². The van der Waals surface area contributed by atoms with Gasteiger partial charge in [-0.1, -0.05) is 6.07 Å². The Kier molecular flexibility index (Phi) is 5.85. The predicted molar refractivity (Wildman–Crippen MR) is 97.7 cm³/mol. The highest BCUT2D eigenvalue weighted by molar-refractivity contribution is 5.82. The molecule has 29 heavy (non-hydrogen) atoms. The molecule has 2 aromatic heterocycles. The Labute approximate surface area is 163 Å². The Bertz CT molecular complexity index is 1010. The average molecular weight is 409 g/mol. The van der Waals surface area contributed by atoms with E-state index >= 15 is 0 Å². The Hall–Kier alpha value is -3.37. The van der Waals surface area contributed by atoms with Gasteiger partial charge < -0.3 is 20.1 Å². The molecule has 1 unspecified atom stereocenters. The van der Waals surface area contributed by atoms with E-state index in [1.165, 1.54) is 11.1 Å². The van der Waals surface area contributed by atoms with Crippen LogP contribution in [0.2, 0.25) is 0 Å². The third-order valence-corrected chi connectivity index (χ3v) is 4.44. The maximum absolute atomic E-state index is 10.6. The van der Waals surface area contributed by atoms with Gasteiger partial charge in [0.25, 0.3) is 0 Å². The smallest absolute Gasteiger partial charge is 0.490 e. The van der Waals surface area contributed by atoms with Crippen molar-refractivity contribution in [1.29, 1.82) is 0 Å². The number of alkyl halides is 3. The monoisotopic (exact) mass is 409 g/mol. The number of hydrogen-bond donors (Lipinski definition) is 3. The lowest BCUT2D eigenvalue weighted by atomic mass is 9.87. The first-order chi connectivity index (χ1) is 13.8. The number of aliphatic carboxylic acids is 1. The first-order valence-electron chi connectivity index (χ1n) is 8.67. The van der Waals surface area contributed by atoms with Crippen molar-refractivity contribution in [3.05, 3.63) is 42.0 Å². The van der Waals surface area contributed by atoms with Crippen molar-refractivity contribution in [3.8, 4) is 5.75 Å². The topological polar surface area (TPSA) is 113 Å². The number of hydrogen-bond acceptors (Lipinski definition) is 6. The van der Waals surface area contributed by atoms with E-state index in [1.807, 2.05) is 6.07 Å². The van der Waals surface area contributed by atoms with Crippen LogP contribution in [0.1, 0.15) is 30.0 Å². The minimum atomic E-state index is -5.08. The zero-order chi connectivity index (χ0) is 21.0. The second kappa shape index (κ2) is 8.33. The lowest BCUT2D eigenvalue weighted by molar-refractivity contribution is -0.192. The van der Waals surface area contributed by atoms with Gasteiger partial charge in [0.1, 0.15) is 17.6 Å². The van der Waals surface area contributed by atoms with Gasteiger partial charge in [0, 0.05) is 0 Å². The van der Waals surface area contributed by atoms with Crippen LogP contribution in [0.25, 0.3) is 11.2 Å². The summed E-state index contributed by atoms with van der Waals surface area (Å²) in [6.45, 7) is 0. The van der Waals surface area contributed by atoms with Crippen LogP contribution < -0.4 is 10.1 Å². The van der Waals surface area contributed by atoms with Gasteiger partial charge in [-0.05, 0) is 42.5 Å². The number of benzene rings is 1. The second-order valence-electron chi connectivity index (χ2n) is 6.28. The first kappa shape index (κ1) is 20.4. The number of imidazole rings is 1. The van der Waals surface area contributed by atoms with Gasteiger partial charge in [-0.3, -0.25) is 0 Å². The van der Waals surface area contributed by atoms with Gasteiger partial charge in [0.15, 0.2) is 11.5 Å². The van der Waals surface area contributed by atoms with E-state index in [9.17, 15) is 13.2 Å². The molecular weight excluding hydrogens is 391 g/mol. The van der Waals surface area contributed by atoms with E-state index in [0.717, 1.165) is 36.3 Å². The standard InChI is InChI=1S/C16H17N5O.C2HF3O2/c1-22-11-5-6-12-10(7-11)3-2-4-13(12)21-16-14-15(18-8-17-14)19-9-20-16;3-2(4,5)1(6)7/h5-9,13H,2-4H2,1H3,(H2,17,18,19,20,21);(H,6,7). The summed E-state index contributed by atoms with van der Waals surface area (Å²) in [5.74, 6) is -1.04. The predicted octanol–water partition coefficient (Wildman–Crippen LogP) is 3.48. The number of aromatic amines is 1. The molecule has 1 aliphatic carbocycles. The molecule has 0 amide bonds. The molecule has 3 aromatic rings. The summed E-state index contributed by atoms with van der Waals surface area (Å²) >= 11 is 0. The van der Waals surface area contributed by atoms with E-state index in [-0.39, 0.29) is 6.04 Å². The highest BCUT2D eigenvalue weighted by Crippen LogP contribution is 2.34. The summed E-state index contributed by atoms with van der Waals surface area (Å²) < 4.78 is 37.1. The number of aryl methyl sites for hydroxylation is 1. The number of nitrogens with zero attached hydrogens (tertiary/aromatic N) is 3. The highest BCUT2D eigenvalue weighted by atomic mass is 19.4. The summed E-state index contributed by atoms with van der Waals surface area (Å²) in [4.78, 5) is 24.7. The van der Waals surface area contributed by atoms with Crippen LogP contribution in [0.3, 0.4) is 0 Å². The molecule has 0 bridgehead atoms. The summed E-state index contributed by atoms with van der Waals surface area (Å²) in [6, 6.07) is 6.55. The maximum Gasteiger partial charge on any atom is 0.490 e. The zero-order valence-electron chi connectivity index (χ0n) is 15.3. The van der Waals surface area contributed by atoms with Crippen molar-refractivity contribution in [3.63, 3.8) is 0 Å². The van der Waals surface area contributed by atoms with E-state index in [0.29, 0.717) is 5.65 Å². The molecule has 1 aliphatic rings. The lowest BCUT2D eigenvalue weighted by Crippen LogP contribution is -2.21. The molecule has 1 atom stereocenters. The van der Waals surface area contributed by atoms with Crippen LogP contribution in [0.4, 0.5) is 19.0 Å². The molecule has 4 rings (SSSR count). The molecule has 0 saturated heterocycles. The summed E-state index contributed by atoms with van der Waals surface area (Å²) in [5, 5.41) is 10.7. The Morgan fingerprint density at radius 3 is 2.76 bits per heavy atom. The summed E-state index contributed by atoms with van der Waals surface area (Å²) in [6.07, 6.45) is 1.43. The van der Waals surface area contributed by atoms with Gasteiger partial charge >= 0.3 is 12.1 Å². The fourth-order valence-electron chi connectivity index (χ4n) is 3.11. The first-order valence-corrected chi connectivity index (χ1v) is 8.67. The Morgan fingerprint density at radius 2 is 2.07 bits per heavy atom. The Balaban J connectivity index is 0.000000298. The fraction of sp³-hybridized carbons (Fsp3) is 0.333. The largest absolute Gasteiger partial charge is 0.497 e. The number of H-pyrrole nitrogens is 1. The molecule has 2 heterocycles. The van der Waals surface area contributed by atoms with E-state index in [2.05, 4.69) is 37.4 Å². The molecule has 0 spiro atoms. The lowest BCUT2D eigenvalue weighted by Gasteiger charge is -2.27. The van der Waals surface area contributed by atoms with Gasteiger partial charge in [0.2, 0.25) is 0 Å². The Morgan fingerprint density at radius 1 is 1.31 bits per heavy atom. The molecule has 3 N–H and O–H groups in total. The number of ether oxygens (including phenoxy) is 1. The van der Waals surface area contributed by atoms with Crippen molar-refractivity contribution >= 4 is 23.0 Å². The van der Waals surface area contributed by atoms with Crippen LogP contribution in [0.5, 0.6) is 5.75 Å². The number of halogens is 3. The molecule has 0 fully saturated rings. The van der Waals surface area contributed by atoms with Crippen molar-refractivity contribution in [1.82, 2.24) is 19.9 Å². The zero-order valence-corrected chi connectivity index (χ0v) is 15.3. The van der Waals surface area contributed by atoms with Crippen LogP contribution >= 0.6 is 0 Å². The molecule has 8 nitrogen and oxygen atoms in total. The number of aromatic nitrogens is 4. The van der Waals surface area contributed by atoms with Crippen molar-refractivity contribution in [2.75, 3.05) is 12.4 Å². The van der Waals surface area contributed by atoms with Crippen LogP contribution in [-0.4, -0.2) is 44.3 Å². The molecule has 0 aliphatic heterocycles. The number of carboxylic acids is 1. The maximum atomic E-state index is 10.6. The number of methoxy groups -OCH3 is 1. The van der Waals surface area contributed by atoms with Gasteiger partial charge in [0.05, 0.1) is 19.5 Å². The molecule has 154 valence electrons. The van der Waals surface area contributed by atoms with Crippen molar-refractivity contribution in [2.45, 2.75) is 31.5 Å². The number of carboxylic acid groups (broad SMARTS) is 1. The highest BCUT2D eigenvalue weighted by Gasteiger charge is 2.38. The number of carbonyl (C=O) groups is 1. The van der Waals surface area contributed by atoms with E-state index < -0.39 is 12.1 Å². The van der Waals surface area contributed by atoms with Gasteiger partial charge in [-0.2, -0.15) is 13.2 Å². The SMILES string of the molecule is COc1ccc2c(c1)CCCC2Nc1ncnc2nc[nH]c12.O=C(O)C(F)(F)F. The van der Waals surface area contributed by atoms with Crippen LogP contribution in [0.15, 0.2) is 30.9 Å². The number of nitrogens with one attached hydrogen (secondary N) is 2. The minimum absolute atomic E-state index is 0.246. The summed E-state index contributed by atoms with van der Waals surface area (Å²) in [5.41, 5.74) is 4.20. The number of fused-ring (bicyclic) bond motifs is 2.